The van der Waals surface area contributed by atoms with Gasteiger partial charge in [0, 0.05) is 36.5 Å². The number of amides is 1. The Morgan fingerprint density at radius 3 is 2.90 bits per heavy atom. The Morgan fingerprint density at radius 2 is 2.25 bits per heavy atom. The van der Waals surface area contributed by atoms with Crippen molar-refractivity contribution in [1.29, 1.82) is 0 Å². The van der Waals surface area contributed by atoms with E-state index < -0.39 is 0 Å². The first-order chi connectivity index (χ1) is 9.15. The Morgan fingerprint density at radius 1 is 1.50 bits per heavy atom. The number of furan rings is 1. The van der Waals surface area contributed by atoms with Crippen LogP contribution < -0.4 is 10.6 Å². The van der Waals surface area contributed by atoms with Gasteiger partial charge in [-0.25, -0.2) is 4.39 Å². The minimum absolute atomic E-state index is 0. The van der Waals surface area contributed by atoms with Gasteiger partial charge in [-0.05, 0) is 25.1 Å². The van der Waals surface area contributed by atoms with Gasteiger partial charge >= 0.3 is 0 Å². The normalized spacial score (nSPS) is 14.7. The van der Waals surface area contributed by atoms with Crippen LogP contribution in [0.4, 0.5) is 4.39 Å². The maximum Gasteiger partial charge on any atom is 0.287 e. The summed E-state index contributed by atoms with van der Waals surface area (Å²) in [6, 6.07) is 4.26. The van der Waals surface area contributed by atoms with Gasteiger partial charge in [0.05, 0.1) is 0 Å². The molecule has 3 rings (SSSR count). The summed E-state index contributed by atoms with van der Waals surface area (Å²) >= 11 is 0. The minimum Gasteiger partial charge on any atom is -0.451 e. The molecule has 0 aliphatic carbocycles. The Bertz CT molecular complexity index is 637. The summed E-state index contributed by atoms with van der Waals surface area (Å²) in [5.74, 6) is 0.198. The van der Waals surface area contributed by atoms with Gasteiger partial charge in [-0.1, -0.05) is 0 Å². The monoisotopic (exact) mass is 298 g/mol. The van der Waals surface area contributed by atoms with Crippen LogP contribution in [0.1, 0.15) is 16.1 Å². The van der Waals surface area contributed by atoms with Crippen molar-refractivity contribution in [2.24, 2.45) is 5.92 Å². The number of hydrogen-bond donors (Lipinski definition) is 2. The highest BCUT2D eigenvalue weighted by molar-refractivity contribution is 5.98. The van der Waals surface area contributed by atoms with Crippen LogP contribution in [0.15, 0.2) is 22.6 Å². The molecule has 1 saturated heterocycles. The van der Waals surface area contributed by atoms with Crippen LogP contribution in [0.2, 0.25) is 0 Å². The fourth-order valence-electron chi connectivity index (χ4n) is 2.22. The number of benzene rings is 1. The lowest BCUT2D eigenvalue weighted by Gasteiger charge is -2.26. The number of carbonyl (C=O) groups is 1. The van der Waals surface area contributed by atoms with Crippen LogP contribution in [-0.2, 0) is 0 Å². The maximum atomic E-state index is 13.2. The smallest absolute Gasteiger partial charge is 0.287 e. The molecular weight excluding hydrogens is 283 g/mol. The highest BCUT2D eigenvalue weighted by atomic mass is 35.5. The van der Waals surface area contributed by atoms with Gasteiger partial charge in [0.2, 0.25) is 0 Å². The lowest BCUT2D eigenvalue weighted by molar-refractivity contribution is 0.0915. The molecule has 0 saturated carbocycles. The summed E-state index contributed by atoms with van der Waals surface area (Å²) in [6.07, 6.45) is 0. The molecule has 108 valence electrons. The number of carbonyl (C=O) groups excluding carboxylic acids is 1. The molecule has 1 amide bonds. The van der Waals surface area contributed by atoms with Crippen LogP contribution in [0.3, 0.4) is 0 Å². The third-order valence-corrected chi connectivity index (χ3v) is 3.52. The largest absolute Gasteiger partial charge is 0.451 e. The standard InChI is InChI=1S/C14H15FN2O2.ClH/c1-8-11-4-10(15)2-3-12(11)19-13(8)14(18)17-7-9-5-16-6-9;/h2-4,9,16H,5-7H2,1H3,(H,17,18);1H. The van der Waals surface area contributed by atoms with Gasteiger partial charge in [0.25, 0.3) is 5.91 Å². The van der Waals surface area contributed by atoms with Crippen LogP contribution in [0.25, 0.3) is 11.0 Å². The molecule has 2 heterocycles. The average Bonchev–Trinajstić information content (AvgIpc) is 2.65. The van der Waals surface area contributed by atoms with Crippen LogP contribution in [-0.4, -0.2) is 25.5 Å². The fraction of sp³-hybridized carbons (Fsp3) is 0.357. The lowest BCUT2D eigenvalue weighted by atomic mass is 10.0. The molecular formula is C14H16ClFN2O2. The second kappa shape index (κ2) is 5.81. The van der Waals surface area contributed by atoms with E-state index >= 15 is 0 Å². The summed E-state index contributed by atoms with van der Waals surface area (Å²) in [5.41, 5.74) is 1.22. The van der Waals surface area contributed by atoms with Crippen LogP contribution in [0.5, 0.6) is 0 Å². The Labute approximate surface area is 122 Å². The molecule has 1 fully saturated rings. The number of nitrogens with one attached hydrogen (secondary N) is 2. The molecule has 0 unspecified atom stereocenters. The Hall–Kier alpha value is -1.59. The van der Waals surface area contributed by atoms with E-state index in [-0.39, 0.29) is 29.9 Å². The molecule has 1 aliphatic heterocycles. The lowest BCUT2D eigenvalue weighted by Crippen LogP contribution is -2.48. The number of halogens is 2. The number of rotatable bonds is 3. The van der Waals surface area contributed by atoms with Gasteiger partial charge in [-0.15, -0.1) is 12.4 Å². The van der Waals surface area contributed by atoms with E-state index in [1.807, 2.05) is 0 Å². The predicted molar refractivity (Wildman–Crippen MR) is 76.8 cm³/mol. The zero-order valence-corrected chi connectivity index (χ0v) is 11.8. The van der Waals surface area contributed by atoms with Crippen molar-refractivity contribution in [2.45, 2.75) is 6.92 Å². The van der Waals surface area contributed by atoms with Crippen molar-refractivity contribution in [2.75, 3.05) is 19.6 Å². The van der Waals surface area contributed by atoms with E-state index in [0.29, 0.717) is 29.0 Å². The van der Waals surface area contributed by atoms with Gasteiger partial charge in [-0.3, -0.25) is 4.79 Å². The highest BCUT2D eigenvalue weighted by Gasteiger charge is 2.21. The van der Waals surface area contributed by atoms with E-state index in [2.05, 4.69) is 10.6 Å². The van der Waals surface area contributed by atoms with Crippen molar-refractivity contribution < 1.29 is 13.6 Å². The van der Waals surface area contributed by atoms with Crippen molar-refractivity contribution in [1.82, 2.24) is 10.6 Å². The molecule has 4 nitrogen and oxygen atoms in total. The molecule has 2 N–H and O–H groups in total. The topological polar surface area (TPSA) is 54.3 Å². The molecule has 1 aliphatic rings. The van der Waals surface area contributed by atoms with Crippen molar-refractivity contribution in [3.63, 3.8) is 0 Å². The summed E-state index contributed by atoms with van der Waals surface area (Å²) < 4.78 is 18.7. The molecule has 20 heavy (non-hydrogen) atoms. The zero-order valence-electron chi connectivity index (χ0n) is 11.0. The summed E-state index contributed by atoms with van der Waals surface area (Å²) in [4.78, 5) is 12.0. The second-order valence-corrected chi connectivity index (χ2v) is 4.93. The molecule has 1 aromatic carbocycles. The summed E-state index contributed by atoms with van der Waals surface area (Å²) in [7, 11) is 0. The third-order valence-electron chi connectivity index (χ3n) is 3.52. The van der Waals surface area contributed by atoms with Crippen LogP contribution in [0, 0.1) is 18.7 Å². The van der Waals surface area contributed by atoms with Gasteiger partial charge < -0.3 is 15.1 Å². The number of fused-ring (bicyclic) bond motifs is 1. The molecule has 0 bridgehead atoms. The summed E-state index contributed by atoms with van der Waals surface area (Å²) in [6.45, 7) is 4.27. The first-order valence-corrected chi connectivity index (χ1v) is 6.32. The second-order valence-electron chi connectivity index (χ2n) is 4.93. The minimum atomic E-state index is -0.330. The molecule has 0 spiro atoms. The van der Waals surface area contributed by atoms with E-state index in [4.69, 9.17) is 4.42 Å². The first-order valence-electron chi connectivity index (χ1n) is 6.32. The quantitative estimate of drug-likeness (QED) is 0.914. The predicted octanol–water partition coefficient (Wildman–Crippen LogP) is 2.25. The van der Waals surface area contributed by atoms with Crippen molar-refractivity contribution in [3.8, 4) is 0 Å². The highest BCUT2D eigenvalue weighted by Crippen LogP contribution is 2.25. The van der Waals surface area contributed by atoms with Crippen LogP contribution >= 0.6 is 12.4 Å². The fourth-order valence-corrected chi connectivity index (χ4v) is 2.22. The van der Waals surface area contributed by atoms with Crippen molar-refractivity contribution >= 4 is 29.3 Å². The van der Waals surface area contributed by atoms with Gasteiger partial charge in [0.15, 0.2) is 5.76 Å². The number of aryl methyl sites for hydroxylation is 1. The molecule has 6 heteroatoms. The Kier molecular flexibility index (Phi) is 4.30. The third kappa shape index (κ3) is 2.64. The van der Waals surface area contributed by atoms with E-state index in [0.717, 1.165) is 13.1 Å². The molecule has 2 aromatic rings. The SMILES string of the molecule is Cc1c(C(=O)NCC2CNC2)oc2ccc(F)cc12.Cl. The van der Waals surface area contributed by atoms with Gasteiger partial charge in [0.1, 0.15) is 11.4 Å². The first kappa shape index (κ1) is 14.8. The molecule has 0 atom stereocenters. The Balaban J connectivity index is 0.00000147. The summed E-state index contributed by atoms with van der Waals surface area (Å²) in [5, 5.41) is 6.65. The van der Waals surface area contributed by atoms with E-state index in [1.54, 1.807) is 13.0 Å². The van der Waals surface area contributed by atoms with Gasteiger partial charge in [-0.2, -0.15) is 0 Å². The molecule has 1 aromatic heterocycles. The van der Waals surface area contributed by atoms with E-state index in [1.165, 1.54) is 12.1 Å². The zero-order chi connectivity index (χ0) is 13.4. The maximum absolute atomic E-state index is 13.2. The molecule has 0 radical (unpaired) electrons. The average molecular weight is 299 g/mol. The van der Waals surface area contributed by atoms with Crippen molar-refractivity contribution in [3.05, 3.63) is 35.3 Å². The van der Waals surface area contributed by atoms with E-state index in [9.17, 15) is 9.18 Å². The number of hydrogen-bond acceptors (Lipinski definition) is 3.